The predicted octanol–water partition coefficient (Wildman–Crippen LogP) is 3.66. The van der Waals surface area contributed by atoms with Gasteiger partial charge in [0.1, 0.15) is 11.4 Å². The number of carbonyl (C=O) groups excluding carboxylic acids is 2. The highest BCUT2D eigenvalue weighted by Crippen LogP contribution is 2.41. The van der Waals surface area contributed by atoms with E-state index in [0.717, 1.165) is 38.0 Å². The number of likely N-dealkylation sites (tertiary alicyclic amines) is 1. The Hall–Kier alpha value is -3.24. The Labute approximate surface area is 193 Å². The molecule has 2 aliphatic heterocycles. The maximum absolute atomic E-state index is 13.8. The van der Waals surface area contributed by atoms with Crippen LogP contribution in [0.2, 0.25) is 0 Å². The third-order valence-electron chi connectivity index (χ3n) is 7.43. The Morgan fingerprint density at radius 2 is 1.85 bits per heavy atom. The molecule has 7 heteroatoms. The van der Waals surface area contributed by atoms with E-state index in [1.807, 2.05) is 12.1 Å². The van der Waals surface area contributed by atoms with Gasteiger partial charge in [0.25, 0.3) is 5.91 Å². The van der Waals surface area contributed by atoms with E-state index in [0.29, 0.717) is 42.9 Å². The fourth-order valence-corrected chi connectivity index (χ4v) is 5.57. The Morgan fingerprint density at radius 3 is 2.58 bits per heavy atom. The molecule has 33 heavy (non-hydrogen) atoms. The molecule has 2 aromatic carbocycles. The number of hydrogen-bond donors (Lipinski definition) is 1. The lowest BCUT2D eigenvalue weighted by Crippen LogP contribution is -2.42. The van der Waals surface area contributed by atoms with Gasteiger partial charge in [0.05, 0.1) is 11.6 Å². The molecule has 1 spiro atoms. The zero-order valence-corrected chi connectivity index (χ0v) is 18.5. The molecule has 2 saturated heterocycles. The van der Waals surface area contributed by atoms with Gasteiger partial charge in [-0.15, -0.1) is 0 Å². The van der Waals surface area contributed by atoms with Crippen molar-refractivity contribution in [3.8, 4) is 6.07 Å². The maximum atomic E-state index is 13.8. The summed E-state index contributed by atoms with van der Waals surface area (Å²) in [4.78, 5) is 29.6. The number of nitrogens with zero attached hydrogens (tertiary/aromatic N) is 3. The molecule has 0 saturated carbocycles. The molecular formula is C26H27FN4O2. The molecular weight excluding hydrogens is 419 g/mol. The van der Waals surface area contributed by atoms with Crippen molar-refractivity contribution in [3.05, 3.63) is 70.5 Å². The number of carbonyl (C=O) groups is 2. The largest absolute Gasteiger partial charge is 0.325 e. The summed E-state index contributed by atoms with van der Waals surface area (Å²) in [6.45, 7) is 3.14. The molecule has 1 N–H and O–H groups in total. The molecule has 2 aromatic rings. The van der Waals surface area contributed by atoms with Crippen molar-refractivity contribution in [2.24, 2.45) is 0 Å². The molecule has 3 amide bonds. The molecule has 1 unspecified atom stereocenters. The molecule has 170 valence electrons. The number of piperidine rings is 1. The first-order chi connectivity index (χ1) is 16.0. The molecule has 0 aromatic heterocycles. The standard InChI is InChI=1S/C26H27FN4O2/c27-22-7-6-21-8-11-26(23(21)16-22)24(32)31(25(33)29-26)13-1-12-30-14-9-20(10-15-30)19-4-2-18(17-28)3-5-19/h2-7,16,20H,1,8-15H2,(H,29,33). The highest BCUT2D eigenvalue weighted by Gasteiger charge is 2.55. The molecule has 0 radical (unpaired) electrons. The molecule has 0 bridgehead atoms. The Morgan fingerprint density at radius 1 is 1.09 bits per heavy atom. The number of aryl methyl sites for hydroxylation is 1. The first kappa shape index (κ1) is 21.6. The lowest BCUT2D eigenvalue weighted by molar-refractivity contribution is -0.131. The van der Waals surface area contributed by atoms with E-state index >= 15 is 0 Å². The number of hydrogen-bond acceptors (Lipinski definition) is 4. The fraction of sp³-hybridized carbons (Fsp3) is 0.423. The van der Waals surface area contributed by atoms with Gasteiger partial charge in [0.2, 0.25) is 0 Å². The van der Waals surface area contributed by atoms with E-state index in [9.17, 15) is 14.0 Å². The quantitative estimate of drug-likeness (QED) is 0.712. The van der Waals surface area contributed by atoms with Crippen LogP contribution in [0, 0.1) is 17.1 Å². The smallest absolute Gasteiger partial charge is 0.319 e. The number of amides is 3. The van der Waals surface area contributed by atoms with E-state index in [2.05, 4.69) is 28.4 Å². The summed E-state index contributed by atoms with van der Waals surface area (Å²) in [7, 11) is 0. The van der Waals surface area contributed by atoms with Crippen LogP contribution in [0.1, 0.15) is 53.9 Å². The van der Waals surface area contributed by atoms with Gasteiger partial charge < -0.3 is 10.2 Å². The van der Waals surface area contributed by atoms with Crippen LogP contribution >= 0.6 is 0 Å². The normalized spacial score (nSPS) is 23.1. The van der Waals surface area contributed by atoms with E-state index in [4.69, 9.17) is 5.26 Å². The zero-order chi connectivity index (χ0) is 23.0. The molecule has 5 rings (SSSR count). The number of nitriles is 1. The third-order valence-corrected chi connectivity index (χ3v) is 7.43. The number of halogens is 1. The topological polar surface area (TPSA) is 76.4 Å². The van der Waals surface area contributed by atoms with E-state index in [1.165, 1.54) is 22.6 Å². The Bertz CT molecular complexity index is 1120. The maximum Gasteiger partial charge on any atom is 0.325 e. The van der Waals surface area contributed by atoms with Crippen LogP contribution in [0.25, 0.3) is 0 Å². The Kier molecular flexibility index (Phi) is 5.63. The third kappa shape index (κ3) is 3.89. The van der Waals surface area contributed by atoms with Gasteiger partial charge in [-0.1, -0.05) is 18.2 Å². The molecule has 2 heterocycles. The van der Waals surface area contributed by atoms with Gasteiger partial charge in [-0.05, 0) is 98.6 Å². The first-order valence-corrected chi connectivity index (χ1v) is 11.7. The minimum absolute atomic E-state index is 0.253. The van der Waals surface area contributed by atoms with Crippen molar-refractivity contribution in [2.45, 2.75) is 43.6 Å². The average molecular weight is 447 g/mol. The van der Waals surface area contributed by atoms with Gasteiger partial charge in [0, 0.05) is 6.54 Å². The molecule has 6 nitrogen and oxygen atoms in total. The van der Waals surface area contributed by atoms with Crippen molar-refractivity contribution < 1.29 is 14.0 Å². The second kappa shape index (κ2) is 8.60. The van der Waals surface area contributed by atoms with Crippen molar-refractivity contribution in [1.29, 1.82) is 5.26 Å². The number of imide groups is 1. The first-order valence-electron chi connectivity index (χ1n) is 11.7. The molecule has 3 aliphatic rings. The Balaban J connectivity index is 1.14. The lowest BCUT2D eigenvalue weighted by atomic mass is 9.89. The highest BCUT2D eigenvalue weighted by atomic mass is 19.1. The van der Waals surface area contributed by atoms with Crippen LogP contribution in [-0.2, 0) is 16.8 Å². The predicted molar refractivity (Wildman–Crippen MR) is 121 cm³/mol. The molecule has 2 fully saturated rings. The number of rotatable bonds is 5. The summed E-state index contributed by atoms with van der Waals surface area (Å²) in [5.41, 5.74) is 2.40. The van der Waals surface area contributed by atoms with Gasteiger partial charge in [0.15, 0.2) is 0 Å². The summed E-state index contributed by atoms with van der Waals surface area (Å²) >= 11 is 0. The van der Waals surface area contributed by atoms with Crippen LogP contribution in [0.3, 0.4) is 0 Å². The number of fused-ring (bicyclic) bond motifs is 2. The monoisotopic (exact) mass is 446 g/mol. The zero-order valence-electron chi connectivity index (χ0n) is 18.5. The van der Waals surface area contributed by atoms with Crippen molar-refractivity contribution in [1.82, 2.24) is 15.1 Å². The summed E-state index contributed by atoms with van der Waals surface area (Å²) < 4.78 is 13.8. The van der Waals surface area contributed by atoms with Gasteiger partial charge >= 0.3 is 6.03 Å². The van der Waals surface area contributed by atoms with Crippen LogP contribution in [0.15, 0.2) is 42.5 Å². The summed E-state index contributed by atoms with van der Waals surface area (Å²) in [6.07, 6.45) is 3.97. The highest BCUT2D eigenvalue weighted by molar-refractivity contribution is 6.08. The summed E-state index contributed by atoms with van der Waals surface area (Å²) in [5.74, 6) is -0.140. The second-order valence-electron chi connectivity index (χ2n) is 9.30. The second-order valence-corrected chi connectivity index (χ2v) is 9.30. The van der Waals surface area contributed by atoms with E-state index in [-0.39, 0.29) is 17.8 Å². The van der Waals surface area contributed by atoms with Gasteiger partial charge in [-0.3, -0.25) is 9.69 Å². The van der Waals surface area contributed by atoms with Crippen LogP contribution in [-0.4, -0.2) is 47.9 Å². The number of benzene rings is 2. The van der Waals surface area contributed by atoms with Crippen molar-refractivity contribution in [2.75, 3.05) is 26.2 Å². The average Bonchev–Trinajstić information content (AvgIpc) is 3.31. The van der Waals surface area contributed by atoms with Crippen LogP contribution in [0.4, 0.5) is 9.18 Å². The van der Waals surface area contributed by atoms with Crippen LogP contribution < -0.4 is 5.32 Å². The summed E-state index contributed by atoms with van der Waals surface area (Å²) in [5, 5.41) is 11.8. The fourth-order valence-electron chi connectivity index (χ4n) is 5.57. The SMILES string of the molecule is N#Cc1ccc(C2CCN(CCCN3C(=O)NC4(CCc5ccc(F)cc54)C3=O)CC2)cc1. The molecule has 1 atom stereocenters. The molecule has 1 aliphatic carbocycles. The van der Waals surface area contributed by atoms with Crippen molar-refractivity contribution >= 4 is 11.9 Å². The minimum Gasteiger partial charge on any atom is -0.319 e. The van der Waals surface area contributed by atoms with Crippen LogP contribution in [0.5, 0.6) is 0 Å². The van der Waals surface area contributed by atoms with Crippen molar-refractivity contribution in [3.63, 3.8) is 0 Å². The van der Waals surface area contributed by atoms with Gasteiger partial charge in [-0.25, -0.2) is 9.18 Å². The van der Waals surface area contributed by atoms with Gasteiger partial charge in [-0.2, -0.15) is 5.26 Å². The number of nitrogens with one attached hydrogen (secondary N) is 1. The lowest BCUT2D eigenvalue weighted by Gasteiger charge is -2.32. The minimum atomic E-state index is -1.10. The van der Waals surface area contributed by atoms with E-state index < -0.39 is 5.54 Å². The summed E-state index contributed by atoms with van der Waals surface area (Å²) in [6, 6.07) is 14.2. The van der Waals surface area contributed by atoms with E-state index in [1.54, 1.807) is 6.07 Å². The number of urea groups is 1.